The highest BCUT2D eigenvalue weighted by atomic mass is 32.1. The van der Waals surface area contributed by atoms with Crippen molar-refractivity contribution in [3.05, 3.63) is 45.1 Å². The Balaban J connectivity index is 1.80. The third kappa shape index (κ3) is 5.82. The summed E-state index contributed by atoms with van der Waals surface area (Å²) in [6.45, 7) is 8.06. The molecule has 1 unspecified atom stereocenters. The largest absolute Gasteiger partial charge is 0.493 e. The maximum absolute atomic E-state index is 12.2. The first kappa shape index (κ1) is 21.0. The molecule has 0 aliphatic carbocycles. The van der Waals surface area contributed by atoms with E-state index < -0.39 is 0 Å². The van der Waals surface area contributed by atoms with Crippen molar-refractivity contribution in [1.82, 2.24) is 5.32 Å². The molecule has 1 aromatic carbocycles. The zero-order valence-corrected chi connectivity index (χ0v) is 17.4. The van der Waals surface area contributed by atoms with Crippen LogP contribution in [0.15, 0.2) is 24.3 Å². The number of rotatable bonds is 9. The van der Waals surface area contributed by atoms with Crippen molar-refractivity contribution in [2.75, 3.05) is 13.7 Å². The molecule has 0 bridgehead atoms. The van der Waals surface area contributed by atoms with Crippen LogP contribution >= 0.6 is 11.3 Å². The highest BCUT2D eigenvalue weighted by molar-refractivity contribution is 7.12. The number of aryl methyl sites for hydroxylation is 2. The number of hydrogen-bond donors (Lipinski definition) is 1. The van der Waals surface area contributed by atoms with Gasteiger partial charge in [-0.25, -0.2) is 0 Å². The number of thiophene rings is 1. The van der Waals surface area contributed by atoms with Gasteiger partial charge in [-0.05, 0) is 63.9 Å². The Hall–Kier alpha value is -2.34. The first-order valence-electron chi connectivity index (χ1n) is 9.00. The molecule has 27 heavy (non-hydrogen) atoms. The monoisotopic (exact) mass is 389 g/mol. The van der Waals surface area contributed by atoms with E-state index in [1.165, 1.54) is 29.4 Å². The number of methoxy groups -OCH3 is 1. The first-order valence-corrected chi connectivity index (χ1v) is 9.81. The lowest BCUT2D eigenvalue weighted by molar-refractivity contribution is -0.121. The highest BCUT2D eigenvalue weighted by Gasteiger charge is 2.14. The van der Waals surface area contributed by atoms with Gasteiger partial charge in [0.1, 0.15) is 0 Å². The van der Waals surface area contributed by atoms with Gasteiger partial charge in [-0.15, -0.1) is 11.3 Å². The Morgan fingerprint density at radius 2 is 1.93 bits per heavy atom. The Morgan fingerprint density at radius 1 is 1.19 bits per heavy atom. The quantitative estimate of drug-likeness (QED) is 0.502. The normalized spacial score (nSPS) is 11.7. The summed E-state index contributed by atoms with van der Waals surface area (Å²) >= 11 is 1.75. The molecule has 1 amide bonds. The van der Waals surface area contributed by atoms with Gasteiger partial charge in [0.05, 0.1) is 19.8 Å². The van der Waals surface area contributed by atoms with Crippen LogP contribution in [-0.4, -0.2) is 25.4 Å². The van der Waals surface area contributed by atoms with Crippen LogP contribution < -0.4 is 14.8 Å². The van der Waals surface area contributed by atoms with Crippen LogP contribution in [0.3, 0.4) is 0 Å². The predicted octanol–water partition coefficient (Wildman–Crippen LogP) is 4.61. The second-order valence-electron chi connectivity index (χ2n) is 6.53. The molecule has 0 aliphatic rings. The number of nitrogens with one attached hydrogen (secondary N) is 1. The molecular weight excluding hydrogens is 362 g/mol. The minimum Gasteiger partial charge on any atom is -0.493 e. The predicted molar refractivity (Wildman–Crippen MR) is 108 cm³/mol. The van der Waals surface area contributed by atoms with Crippen molar-refractivity contribution in [3.63, 3.8) is 0 Å². The average Bonchev–Trinajstić information content (AvgIpc) is 2.96. The molecule has 2 rings (SSSR count). The maximum atomic E-state index is 12.2. The van der Waals surface area contributed by atoms with E-state index >= 15 is 0 Å². The second kappa shape index (κ2) is 9.55. The maximum Gasteiger partial charge on any atom is 0.220 e. The van der Waals surface area contributed by atoms with E-state index in [1.54, 1.807) is 29.5 Å². The minimum absolute atomic E-state index is 0.00240. The number of benzene rings is 1. The van der Waals surface area contributed by atoms with E-state index in [9.17, 15) is 9.59 Å². The molecule has 1 aromatic heterocycles. The molecule has 146 valence electrons. The number of hydrogen-bond acceptors (Lipinski definition) is 5. The first-order chi connectivity index (χ1) is 12.8. The summed E-state index contributed by atoms with van der Waals surface area (Å²) in [4.78, 5) is 26.1. The molecule has 0 fully saturated rings. The number of Topliss-reactive ketones (excluding diaryl/α,β-unsaturated/α-hetero) is 1. The second-order valence-corrected chi connectivity index (χ2v) is 7.99. The number of ketones is 1. The molecule has 0 spiro atoms. The summed E-state index contributed by atoms with van der Waals surface area (Å²) in [5.41, 5.74) is 1.75. The molecule has 5 nitrogen and oxygen atoms in total. The fourth-order valence-corrected chi connectivity index (χ4v) is 3.91. The Morgan fingerprint density at radius 3 is 2.52 bits per heavy atom. The van der Waals surface area contributed by atoms with Crippen LogP contribution in [-0.2, 0) is 4.79 Å². The lowest BCUT2D eigenvalue weighted by atomic mass is 10.1. The molecule has 0 radical (unpaired) electrons. The summed E-state index contributed by atoms with van der Waals surface area (Å²) in [5, 5.41) is 3.04. The lowest BCUT2D eigenvalue weighted by Gasteiger charge is -2.14. The number of carbonyl (C=O) groups excluding carboxylic acids is 2. The summed E-state index contributed by atoms with van der Waals surface area (Å²) in [7, 11) is 1.54. The lowest BCUT2D eigenvalue weighted by Crippen LogP contribution is -2.26. The fourth-order valence-electron chi connectivity index (χ4n) is 2.89. The number of amides is 1. The smallest absolute Gasteiger partial charge is 0.220 e. The van der Waals surface area contributed by atoms with E-state index in [2.05, 4.69) is 25.2 Å². The fraction of sp³-hybridized carbons (Fsp3) is 0.429. The molecule has 6 heteroatoms. The van der Waals surface area contributed by atoms with Crippen LogP contribution in [0.25, 0.3) is 0 Å². The van der Waals surface area contributed by atoms with Crippen molar-refractivity contribution in [2.45, 2.75) is 46.6 Å². The van der Waals surface area contributed by atoms with Crippen molar-refractivity contribution in [3.8, 4) is 11.5 Å². The summed E-state index contributed by atoms with van der Waals surface area (Å²) in [6, 6.07) is 7.23. The zero-order valence-electron chi connectivity index (χ0n) is 16.5. The van der Waals surface area contributed by atoms with Crippen LogP contribution in [0.1, 0.15) is 58.4 Å². The highest BCUT2D eigenvalue weighted by Crippen LogP contribution is 2.28. The van der Waals surface area contributed by atoms with Gasteiger partial charge in [-0.3, -0.25) is 9.59 Å². The van der Waals surface area contributed by atoms with Gasteiger partial charge in [-0.2, -0.15) is 0 Å². The third-order valence-corrected chi connectivity index (χ3v) is 5.28. The molecule has 1 atom stereocenters. The van der Waals surface area contributed by atoms with Crippen molar-refractivity contribution < 1.29 is 19.1 Å². The topological polar surface area (TPSA) is 64.6 Å². The van der Waals surface area contributed by atoms with Crippen molar-refractivity contribution >= 4 is 23.0 Å². The number of carbonyl (C=O) groups is 2. The van der Waals surface area contributed by atoms with E-state index in [4.69, 9.17) is 9.47 Å². The van der Waals surface area contributed by atoms with Gasteiger partial charge < -0.3 is 14.8 Å². The summed E-state index contributed by atoms with van der Waals surface area (Å²) < 4.78 is 11.0. The van der Waals surface area contributed by atoms with Gasteiger partial charge in [-0.1, -0.05) is 0 Å². The summed E-state index contributed by atoms with van der Waals surface area (Å²) in [6.07, 6.45) is 0.984. The van der Waals surface area contributed by atoms with E-state index in [1.807, 2.05) is 6.92 Å². The molecule has 0 saturated carbocycles. The van der Waals surface area contributed by atoms with E-state index in [0.717, 1.165) is 0 Å². The molecule has 0 saturated heterocycles. The minimum atomic E-state index is -0.0262. The Kier molecular flexibility index (Phi) is 7.42. The Labute approximate surface area is 164 Å². The molecule has 1 heterocycles. The van der Waals surface area contributed by atoms with E-state index in [-0.39, 0.29) is 17.7 Å². The van der Waals surface area contributed by atoms with Crippen LogP contribution in [0, 0.1) is 13.8 Å². The zero-order chi connectivity index (χ0) is 20.0. The molecule has 0 aliphatic heterocycles. The molecule has 1 N–H and O–H groups in total. The SMILES string of the molecule is COc1cc(C(C)=O)ccc1OCCCC(=O)NC(C)c1cc(C)sc1C. The van der Waals surface area contributed by atoms with Gasteiger partial charge in [0, 0.05) is 21.7 Å². The molecular formula is C21H27NO4S. The van der Waals surface area contributed by atoms with Crippen LogP contribution in [0.2, 0.25) is 0 Å². The van der Waals surface area contributed by atoms with Gasteiger partial charge >= 0.3 is 0 Å². The van der Waals surface area contributed by atoms with Gasteiger partial charge in [0.15, 0.2) is 17.3 Å². The summed E-state index contributed by atoms with van der Waals surface area (Å²) in [5.74, 6) is 1.07. The van der Waals surface area contributed by atoms with Gasteiger partial charge in [0.2, 0.25) is 5.91 Å². The van der Waals surface area contributed by atoms with Crippen molar-refractivity contribution in [2.24, 2.45) is 0 Å². The van der Waals surface area contributed by atoms with Gasteiger partial charge in [0.25, 0.3) is 0 Å². The number of ether oxygens (including phenoxy) is 2. The van der Waals surface area contributed by atoms with Crippen LogP contribution in [0.4, 0.5) is 0 Å². The van der Waals surface area contributed by atoms with Crippen molar-refractivity contribution in [1.29, 1.82) is 0 Å². The standard InChI is InChI=1S/C21H27NO4S/c1-13-11-18(16(4)27-13)14(2)22-21(24)7-6-10-26-19-9-8-17(15(3)23)12-20(19)25-5/h8-9,11-12,14H,6-7,10H2,1-5H3,(H,22,24). The third-order valence-electron chi connectivity index (χ3n) is 4.30. The van der Waals surface area contributed by atoms with E-state index in [0.29, 0.717) is 36.5 Å². The van der Waals surface area contributed by atoms with Crippen LogP contribution in [0.5, 0.6) is 11.5 Å². The molecule has 2 aromatic rings. The average molecular weight is 390 g/mol. The Bertz CT molecular complexity index is 813.